The maximum Gasteiger partial charge on any atom is 0.243 e. The van der Waals surface area contributed by atoms with Crippen molar-refractivity contribution < 1.29 is 14.0 Å². The summed E-state index contributed by atoms with van der Waals surface area (Å²) >= 11 is 1.54. The molecule has 0 bridgehead atoms. The Labute approximate surface area is 217 Å². The van der Waals surface area contributed by atoms with E-state index in [4.69, 9.17) is 0 Å². The molecule has 1 fully saturated rings. The molecule has 0 aliphatic heterocycles. The summed E-state index contributed by atoms with van der Waals surface area (Å²) in [6, 6.07) is 25.5. The van der Waals surface area contributed by atoms with Crippen molar-refractivity contribution in [1.82, 2.24) is 10.2 Å². The van der Waals surface area contributed by atoms with E-state index in [0.717, 1.165) is 42.4 Å². The second kappa shape index (κ2) is 13.3. The van der Waals surface area contributed by atoms with Crippen LogP contribution in [-0.4, -0.2) is 34.6 Å². The van der Waals surface area contributed by atoms with E-state index in [1.165, 1.54) is 12.1 Å². The molecule has 36 heavy (non-hydrogen) atoms. The lowest BCUT2D eigenvalue weighted by molar-refractivity contribution is -0.139. The first-order valence-corrected chi connectivity index (χ1v) is 13.7. The molecule has 188 valence electrons. The predicted molar refractivity (Wildman–Crippen MR) is 144 cm³/mol. The summed E-state index contributed by atoms with van der Waals surface area (Å²) in [7, 11) is 0. The number of halogens is 1. The Hall–Kier alpha value is -3.12. The first-order valence-electron chi connectivity index (χ1n) is 12.6. The molecular weight excluding hydrogens is 471 g/mol. The van der Waals surface area contributed by atoms with E-state index in [-0.39, 0.29) is 36.0 Å². The second-order valence-corrected chi connectivity index (χ2v) is 10.3. The molecule has 1 aliphatic rings. The van der Waals surface area contributed by atoms with Crippen molar-refractivity contribution in [3.63, 3.8) is 0 Å². The number of rotatable bonds is 11. The maximum absolute atomic E-state index is 13.6. The Morgan fingerprint density at radius 3 is 2.11 bits per heavy atom. The highest BCUT2D eigenvalue weighted by Crippen LogP contribution is 2.21. The fourth-order valence-electron chi connectivity index (χ4n) is 4.62. The second-order valence-electron chi connectivity index (χ2n) is 9.32. The van der Waals surface area contributed by atoms with Crippen LogP contribution in [0.1, 0.15) is 42.4 Å². The molecule has 0 heterocycles. The van der Waals surface area contributed by atoms with Crippen LogP contribution in [0.3, 0.4) is 0 Å². The third-order valence-electron chi connectivity index (χ3n) is 6.58. The monoisotopic (exact) mass is 504 g/mol. The molecule has 3 aromatic carbocycles. The molecular formula is C30H33FN2O2S. The fourth-order valence-corrected chi connectivity index (χ4v) is 5.49. The molecule has 0 radical (unpaired) electrons. The molecule has 6 heteroatoms. The summed E-state index contributed by atoms with van der Waals surface area (Å²) in [5.74, 6) is 0.444. The van der Waals surface area contributed by atoms with Crippen molar-refractivity contribution in [1.29, 1.82) is 0 Å². The third-order valence-corrected chi connectivity index (χ3v) is 7.56. The van der Waals surface area contributed by atoms with E-state index in [9.17, 15) is 14.0 Å². The Balaban J connectivity index is 1.56. The molecule has 0 spiro atoms. The number of thioether (sulfide) groups is 1. The summed E-state index contributed by atoms with van der Waals surface area (Å²) in [4.78, 5) is 28.9. The first-order chi connectivity index (χ1) is 17.6. The smallest absolute Gasteiger partial charge is 0.243 e. The molecule has 1 N–H and O–H groups in total. The van der Waals surface area contributed by atoms with Gasteiger partial charge < -0.3 is 10.2 Å². The minimum Gasteiger partial charge on any atom is -0.352 e. The van der Waals surface area contributed by atoms with Gasteiger partial charge in [0, 0.05) is 24.8 Å². The molecule has 0 aromatic heterocycles. The summed E-state index contributed by atoms with van der Waals surface area (Å²) in [5, 5.41) is 3.21. The molecule has 3 aromatic rings. The minimum atomic E-state index is -0.650. The van der Waals surface area contributed by atoms with Crippen molar-refractivity contribution in [3.05, 3.63) is 107 Å². The third kappa shape index (κ3) is 7.69. The van der Waals surface area contributed by atoms with Crippen LogP contribution < -0.4 is 5.32 Å². The number of benzene rings is 3. The van der Waals surface area contributed by atoms with E-state index in [0.29, 0.717) is 12.2 Å². The van der Waals surface area contributed by atoms with Crippen LogP contribution in [0.5, 0.6) is 0 Å². The molecule has 1 atom stereocenters. The van der Waals surface area contributed by atoms with Gasteiger partial charge in [-0.25, -0.2) is 4.39 Å². The van der Waals surface area contributed by atoms with Gasteiger partial charge in [-0.05, 0) is 41.7 Å². The first kappa shape index (κ1) is 26.0. The number of nitrogens with one attached hydrogen (secondary N) is 1. The minimum absolute atomic E-state index is 0.0947. The van der Waals surface area contributed by atoms with Crippen LogP contribution in [-0.2, 0) is 28.3 Å². The number of nitrogens with zero attached hydrogens (tertiary/aromatic N) is 1. The predicted octanol–water partition coefficient (Wildman–Crippen LogP) is 5.76. The molecule has 0 saturated heterocycles. The Bertz CT molecular complexity index is 1100. The number of amides is 2. The molecule has 0 unspecified atom stereocenters. The van der Waals surface area contributed by atoms with Gasteiger partial charge in [-0.3, -0.25) is 9.59 Å². The Morgan fingerprint density at radius 2 is 1.47 bits per heavy atom. The average molecular weight is 505 g/mol. The topological polar surface area (TPSA) is 49.4 Å². The highest BCUT2D eigenvalue weighted by molar-refractivity contribution is 7.99. The van der Waals surface area contributed by atoms with E-state index >= 15 is 0 Å². The van der Waals surface area contributed by atoms with Gasteiger partial charge in [0.25, 0.3) is 0 Å². The van der Waals surface area contributed by atoms with Crippen LogP contribution in [0, 0.1) is 5.82 Å². The fraction of sp³-hybridized carbons (Fsp3) is 0.333. The van der Waals surface area contributed by atoms with Gasteiger partial charge in [0.2, 0.25) is 11.8 Å². The van der Waals surface area contributed by atoms with Crippen molar-refractivity contribution in [2.45, 2.75) is 56.5 Å². The van der Waals surface area contributed by atoms with Gasteiger partial charge in [0.1, 0.15) is 11.9 Å². The molecule has 4 rings (SSSR count). The maximum atomic E-state index is 13.6. The van der Waals surface area contributed by atoms with Gasteiger partial charge in [0.05, 0.1) is 5.75 Å². The standard InChI is InChI=1S/C30H33FN2O2S/c31-26-17-15-24(16-18-26)20-33(29(34)22-36-21-25-11-5-2-6-12-25)28(19-23-9-3-1-4-10-23)30(35)32-27-13-7-8-14-27/h1-6,9-12,15-18,27-28H,7-8,13-14,19-22H2,(H,32,35)/t28-/m1/s1. The lowest BCUT2D eigenvalue weighted by Gasteiger charge is -2.32. The summed E-state index contributed by atoms with van der Waals surface area (Å²) in [6.45, 7) is 0.251. The largest absolute Gasteiger partial charge is 0.352 e. The molecule has 1 saturated carbocycles. The summed E-state index contributed by atoms with van der Waals surface area (Å²) < 4.78 is 13.6. The van der Waals surface area contributed by atoms with Crippen molar-refractivity contribution in [2.75, 3.05) is 5.75 Å². The van der Waals surface area contributed by atoms with E-state index < -0.39 is 6.04 Å². The molecule has 4 nitrogen and oxygen atoms in total. The summed E-state index contributed by atoms with van der Waals surface area (Å²) in [6.07, 6.45) is 4.60. The van der Waals surface area contributed by atoms with Crippen LogP contribution in [0.15, 0.2) is 84.9 Å². The summed E-state index contributed by atoms with van der Waals surface area (Å²) in [5.41, 5.74) is 2.95. The van der Waals surface area contributed by atoms with Crippen molar-refractivity contribution >= 4 is 23.6 Å². The van der Waals surface area contributed by atoms with Gasteiger partial charge in [-0.1, -0.05) is 85.6 Å². The Kier molecular flexibility index (Phi) is 9.56. The van der Waals surface area contributed by atoms with Crippen molar-refractivity contribution in [3.8, 4) is 0 Å². The molecule has 1 aliphatic carbocycles. The van der Waals surface area contributed by atoms with Crippen LogP contribution in [0.25, 0.3) is 0 Å². The highest BCUT2D eigenvalue weighted by Gasteiger charge is 2.32. The quantitative estimate of drug-likeness (QED) is 0.361. The number of carbonyl (C=O) groups is 2. The normalized spacial score (nSPS) is 14.4. The van der Waals surface area contributed by atoms with Gasteiger partial charge in [-0.2, -0.15) is 0 Å². The lowest BCUT2D eigenvalue weighted by Crippen LogP contribution is -2.52. The van der Waals surface area contributed by atoms with E-state index in [1.54, 1.807) is 28.8 Å². The molecule has 2 amide bonds. The SMILES string of the molecule is O=C(NC1CCCC1)[C@@H](Cc1ccccc1)N(Cc1ccc(F)cc1)C(=O)CSCc1ccccc1. The highest BCUT2D eigenvalue weighted by atomic mass is 32.2. The van der Waals surface area contributed by atoms with Crippen LogP contribution in [0.2, 0.25) is 0 Å². The van der Waals surface area contributed by atoms with E-state index in [2.05, 4.69) is 5.32 Å². The lowest BCUT2D eigenvalue weighted by atomic mass is 10.0. The van der Waals surface area contributed by atoms with Gasteiger partial charge in [-0.15, -0.1) is 11.8 Å². The zero-order valence-electron chi connectivity index (χ0n) is 20.4. The zero-order chi connectivity index (χ0) is 25.2. The van der Waals surface area contributed by atoms with Crippen LogP contribution in [0.4, 0.5) is 4.39 Å². The van der Waals surface area contributed by atoms with Crippen LogP contribution >= 0.6 is 11.8 Å². The average Bonchev–Trinajstić information content (AvgIpc) is 3.41. The van der Waals surface area contributed by atoms with Gasteiger partial charge >= 0.3 is 0 Å². The van der Waals surface area contributed by atoms with Gasteiger partial charge in [0.15, 0.2) is 0 Å². The number of carbonyl (C=O) groups excluding carboxylic acids is 2. The zero-order valence-corrected chi connectivity index (χ0v) is 21.3. The number of hydrogen-bond acceptors (Lipinski definition) is 3. The van der Waals surface area contributed by atoms with E-state index in [1.807, 2.05) is 60.7 Å². The Morgan fingerprint density at radius 1 is 0.861 bits per heavy atom. The van der Waals surface area contributed by atoms with Crippen molar-refractivity contribution in [2.24, 2.45) is 0 Å². The number of hydrogen-bond donors (Lipinski definition) is 1.